The number of H-pyrrole nitrogens is 2. The van der Waals surface area contributed by atoms with E-state index in [1.165, 1.54) is 0 Å². The molecule has 0 radical (unpaired) electrons. The number of carbonyl (C=O) groups excluding carboxylic acids is 1. The Morgan fingerprint density at radius 3 is 2.78 bits per heavy atom. The van der Waals surface area contributed by atoms with E-state index in [-0.39, 0.29) is 17.6 Å². The molecule has 0 bridgehead atoms. The van der Waals surface area contributed by atoms with Crippen LogP contribution in [0.15, 0.2) is 35.1 Å². The molecular formula is C16H21N5O2. The van der Waals surface area contributed by atoms with E-state index < -0.39 is 0 Å². The van der Waals surface area contributed by atoms with Gasteiger partial charge in [0.1, 0.15) is 5.82 Å². The summed E-state index contributed by atoms with van der Waals surface area (Å²) in [5.74, 6) is 0.790. The van der Waals surface area contributed by atoms with Gasteiger partial charge < -0.3 is 10.2 Å². The molecule has 1 aromatic carbocycles. The Hall–Kier alpha value is -2.41. The Kier molecular flexibility index (Phi) is 4.87. The lowest BCUT2D eigenvalue weighted by atomic mass is 10.1. The van der Waals surface area contributed by atoms with Crippen molar-refractivity contribution in [3.05, 3.63) is 52.2 Å². The largest absolute Gasteiger partial charge is 0.340 e. The van der Waals surface area contributed by atoms with Gasteiger partial charge in [-0.05, 0) is 18.4 Å². The molecule has 23 heavy (non-hydrogen) atoms. The maximum absolute atomic E-state index is 12.3. The second-order valence-electron chi connectivity index (χ2n) is 5.83. The highest BCUT2D eigenvalue weighted by molar-refractivity contribution is 5.76. The molecule has 122 valence electrons. The third kappa shape index (κ3) is 4.29. The zero-order valence-corrected chi connectivity index (χ0v) is 12.9. The maximum atomic E-state index is 12.3. The first-order valence-corrected chi connectivity index (χ1v) is 7.89. The van der Waals surface area contributed by atoms with Crippen LogP contribution in [0.25, 0.3) is 0 Å². The fourth-order valence-corrected chi connectivity index (χ4v) is 2.84. The molecule has 1 unspecified atom stereocenters. The summed E-state index contributed by atoms with van der Waals surface area (Å²) in [4.78, 5) is 27.8. The van der Waals surface area contributed by atoms with Gasteiger partial charge in [-0.25, -0.2) is 9.89 Å². The van der Waals surface area contributed by atoms with Crippen LogP contribution in [0, 0.1) is 0 Å². The number of rotatable bonds is 5. The fraction of sp³-hybridized carbons (Fsp3) is 0.438. The summed E-state index contributed by atoms with van der Waals surface area (Å²) >= 11 is 0. The molecule has 0 saturated carbocycles. The molecule has 2 heterocycles. The number of benzene rings is 1. The van der Waals surface area contributed by atoms with Crippen molar-refractivity contribution in [3.63, 3.8) is 0 Å². The van der Waals surface area contributed by atoms with Crippen LogP contribution in [-0.2, 0) is 17.9 Å². The molecule has 1 atom stereocenters. The maximum Gasteiger partial charge on any atom is 0.340 e. The zero-order chi connectivity index (χ0) is 16.1. The lowest BCUT2D eigenvalue weighted by Crippen LogP contribution is -2.32. The van der Waals surface area contributed by atoms with Crippen LogP contribution in [-0.4, -0.2) is 38.6 Å². The van der Waals surface area contributed by atoms with Gasteiger partial charge in [0.2, 0.25) is 5.91 Å². The normalized spacial score (nSPS) is 18.9. The smallest absolute Gasteiger partial charge is 0.338 e. The van der Waals surface area contributed by atoms with Crippen molar-refractivity contribution in [3.8, 4) is 0 Å². The van der Waals surface area contributed by atoms with Gasteiger partial charge in [-0.15, -0.1) is 0 Å². The van der Waals surface area contributed by atoms with E-state index in [0.717, 1.165) is 24.9 Å². The van der Waals surface area contributed by atoms with Crippen molar-refractivity contribution < 1.29 is 4.79 Å². The molecule has 1 aromatic heterocycles. The summed E-state index contributed by atoms with van der Waals surface area (Å²) in [7, 11) is 0. The number of nitrogens with zero attached hydrogens (tertiary/aromatic N) is 2. The van der Waals surface area contributed by atoms with Gasteiger partial charge in [-0.1, -0.05) is 30.3 Å². The SMILES string of the molecule is O=C1CCC(NCc2n[nH]c(=O)[nH]2)CCN1Cc1ccccc1. The zero-order valence-electron chi connectivity index (χ0n) is 12.9. The van der Waals surface area contributed by atoms with Gasteiger partial charge in [0, 0.05) is 25.6 Å². The molecule has 0 spiro atoms. The number of aromatic nitrogens is 3. The van der Waals surface area contributed by atoms with E-state index in [4.69, 9.17) is 0 Å². The van der Waals surface area contributed by atoms with Crippen LogP contribution >= 0.6 is 0 Å². The van der Waals surface area contributed by atoms with Gasteiger partial charge in [0.05, 0.1) is 6.54 Å². The molecule has 7 nitrogen and oxygen atoms in total. The second-order valence-corrected chi connectivity index (χ2v) is 5.83. The molecule has 1 saturated heterocycles. The lowest BCUT2D eigenvalue weighted by molar-refractivity contribution is -0.131. The summed E-state index contributed by atoms with van der Waals surface area (Å²) in [5.41, 5.74) is 0.855. The molecule has 3 N–H and O–H groups in total. The molecule has 7 heteroatoms. The van der Waals surface area contributed by atoms with Crippen LogP contribution in [0.2, 0.25) is 0 Å². The number of aromatic amines is 2. The van der Waals surface area contributed by atoms with Gasteiger partial charge in [0.15, 0.2) is 0 Å². The summed E-state index contributed by atoms with van der Waals surface area (Å²) in [6, 6.07) is 10.3. The second kappa shape index (κ2) is 7.23. The average molecular weight is 315 g/mol. The first-order chi connectivity index (χ1) is 11.2. The van der Waals surface area contributed by atoms with E-state index in [2.05, 4.69) is 20.5 Å². The Morgan fingerprint density at radius 2 is 2.04 bits per heavy atom. The highest BCUT2D eigenvalue weighted by atomic mass is 16.2. The number of hydrogen-bond acceptors (Lipinski definition) is 4. The quantitative estimate of drug-likeness (QED) is 0.759. The summed E-state index contributed by atoms with van der Waals surface area (Å²) < 4.78 is 0. The molecule has 2 aromatic rings. The number of likely N-dealkylation sites (tertiary alicyclic amines) is 1. The molecule has 3 rings (SSSR count). The van der Waals surface area contributed by atoms with Crippen molar-refractivity contribution >= 4 is 5.91 Å². The monoisotopic (exact) mass is 315 g/mol. The Balaban J connectivity index is 1.53. The van der Waals surface area contributed by atoms with E-state index in [1.807, 2.05) is 35.2 Å². The van der Waals surface area contributed by atoms with Crippen LogP contribution in [0.4, 0.5) is 0 Å². The first kappa shape index (κ1) is 15.5. The van der Waals surface area contributed by atoms with Crippen LogP contribution in [0.3, 0.4) is 0 Å². The molecule has 0 aliphatic carbocycles. The van der Waals surface area contributed by atoms with Crippen LogP contribution in [0.5, 0.6) is 0 Å². The van der Waals surface area contributed by atoms with Gasteiger partial charge in [0.25, 0.3) is 0 Å². The lowest BCUT2D eigenvalue weighted by Gasteiger charge is -2.21. The molecule has 1 aliphatic heterocycles. The van der Waals surface area contributed by atoms with Crippen molar-refractivity contribution in [1.29, 1.82) is 0 Å². The van der Waals surface area contributed by atoms with Crippen molar-refractivity contribution in [1.82, 2.24) is 25.4 Å². The Labute approximate surface area is 134 Å². The number of carbonyl (C=O) groups is 1. The number of amides is 1. The highest BCUT2D eigenvalue weighted by Crippen LogP contribution is 2.15. The fourth-order valence-electron chi connectivity index (χ4n) is 2.84. The van der Waals surface area contributed by atoms with E-state index in [1.54, 1.807) is 0 Å². The van der Waals surface area contributed by atoms with Crippen molar-refractivity contribution in [2.45, 2.75) is 38.4 Å². The molecule has 1 amide bonds. The third-order valence-electron chi connectivity index (χ3n) is 4.13. The summed E-state index contributed by atoms with van der Waals surface area (Å²) in [6.07, 6.45) is 2.24. The summed E-state index contributed by atoms with van der Waals surface area (Å²) in [5, 5.41) is 9.59. The molecule has 1 fully saturated rings. The van der Waals surface area contributed by atoms with Crippen molar-refractivity contribution in [2.75, 3.05) is 6.54 Å². The van der Waals surface area contributed by atoms with E-state index in [0.29, 0.717) is 25.3 Å². The standard InChI is InChI=1S/C16H21N5O2/c22-15-7-6-13(17-10-14-18-16(23)20-19-14)8-9-21(15)11-12-4-2-1-3-5-12/h1-5,13,17H,6-11H2,(H2,18,19,20,23). The van der Waals surface area contributed by atoms with Crippen LogP contribution < -0.4 is 11.0 Å². The predicted molar refractivity (Wildman–Crippen MR) is 85.5 cm³/mol. The topological polar surface area (TPSA) is 93.9 Å². The molecule has 1 aliphatic rings. The van der Waals surface area contributed by atoms with E-state index in [9.17, 15) is 9.59 Å². The van der Waals surface area contributed by atoms with Crippen LogP contribution in [0.1, 0.15) is 30.7 Å². The Morgan fingerprint density at radius 1 is 1.22 bits per heavy atom. The average Bonchev–Trinajstić information content (AvgIpc) is 2.90. The van der Waals surface area contributed by atoms with Gasteiger partial charge in [-0.3, -0.25) is 9.78 Å². The summed E-state index contributed by atoms with van der Waals surface area (Å²) in [6.45, 7) is 1.90. The van der Waals surface area contributed by atoms with Crippen molar-refractivity contribution in [2.24, 2.45) is 0 Å². The minimum atomic E-state index is -0.299. The molecular weight excluding hydrogens is 294 g/mol. The number of hydrogen-bond donors (Lipinski definition) is 3. The van der Waals surface area contributed by atoms with E-state index >= 15 is 0 Å². The third-order valence-corrected chi connectivity index (χ3v) is 4.13. The van der Waals surface area contributed by atoms with Gasteiger partial charge >= 0.3 is 5.69 Å². The van der Waals surface area contributed by atoms with Gasteiger partial charge in [-0.2, -0.15) is 5.10 Å². The predicted octanol–water partition coefficient (Wildman–Crippen LogP) is 0.769. The first-order valence-electron chi connectivity index (χ1n) is 7.89. The Bertz CT molecular complexity index is 694. The highest BCUT2D eigenvalue weighted by Gasteiger charge is 2.22. The minimum Gasteiger partial charge on any atom is -0.338 e. The minimum absolute atomic E-state index is 0.200. The number of nitrogens with one attached hydrogen (secondary N) is 3.